The van der Waals surface area contributed by atoms with Crippen LogP contribution in [0.4, 0.5) is 0 Å². The van der Waals surface area contributed by atoms with Crippen LogP contribution in [0.1, 0.15) is 63.1 Å². The van der Waals surface area contributed by atoms with Gasteiger partial charge in [-0.2, -0.15) is 0 Å². The van der Waals surface area contributed by atoms with Gasteiger partial charge in [-0.25, -0.2) is 0 Å². The van der Waals surface area contributed by atoms with Gasteiger partial charge in [-0.1, -0.05) is 342 Å². The second-order valence-corrected chi connectivity index (χ2v) is 39.1. The van der Waals surface area contributed by atoms with Gasteiger partial charge < -0.3 is 27.4 Å². The maximum atomic E-state index is 2.65. The van der Waals surface area contributed by atoms with Crippen molar-refractivity contribution in [3.63, 3.8) is 0 Å². The molecule has 0 N–H and O–H groups in total. The normalized spacial score (nSPS) is 13.2. The third-order valence-corrected chi connectivity index (χ3v) is 31.1. The number of nitrogens with zero attached hydrogens (tertiary/aromatic N) is 6. The molecule has 0 aliphatic heterocycles. The molecule has 2 aliphatic rings. The molecular weight excluding hydrogens is 1710 g/mol. The van der Waals surface area contributed by atoms with Crippen molar-refractivity contribution in [2.24, 2.45) is 0 Å². The fraction of sp³-hybridized carbons (Fsp3) is 0.0667. The molecule has 28 aromatic rings. The van der Waals surface area contributed by atoms with E-state index < -0.39 is 0 Å². The van der Waals surface area contributed by atoms with E-state index >= 15 is 0 Å². The van der Waals surface area contributed by atoms with Crippen molar-refractivity contribution in [1.29, 1.82) is 0 Å². The zero-order valence-corrected chi connectivity index (χ0v) is 78.4. The van der Waals surface area contributed by atoms with Crippen molar-refractivity contribution in [3.8, 4) is 84.1 Å². The number of hydrogen-bond acceptors (Lipinski definition) is 0. The Morgan fingerprint density at radius 1 is 0.163 bits per heavy atom. The van der Waals surface area contributed by atoms with Crippen molar-refractivity contribution >= 4 is 163 Å². The summed E-state index contributed by atoms with van der Waals surface area (Å²) in [5.74, 6) is 0. The van der Waals surface area contributed by atoms with E-state index in [2.05, 4.69) is 520 Å². The van der Waals surface area contributed by atoms with Crippen molar-refractivity contribution in [3.05, 3.63) is 490 Å². The SMILES string of the molecule is CC1(C)c2ccccc2-c2ccc(-n3c4ccccc4c4cc(-c5ccc6c(c5)c5ccccc5n6-c5ccccc5)ccc43)cc21.c1ccc(-c2ccc(-n3c4ccccc4c4cc(-c5ccc6c(c5)c5ccccc5n6C5CCCCC5)ccc43)cc2)cc1.c1ccc(-n2c3ccccc3c3cc(-c4ccc5c(c4)c4ccccc4n5-c4ccc5c6ccccc6c6ccccc6c5c4)ccc32)cc1. The minimum absolute atomic E-state index is 0.0455. The van der Waals surface area contributed by atoms with Crippen LogP contribution >= 0.6 is 0 Å². The molecule has 666 valence electrons. The highest BCUT2D eigenvalue weighted by atomic mass is 15.0. The van der Waals surface area contributed by atoms with Crippen LogP contribution in [0.3, 0.4) is 0 Å². The Balaban J connectivity index is 0.000000104. The largest absolute Gasteiger partial charge is 0.337 e. The zero-order valence-electron chi connectivity index (χ0n) is 78.4. The van der Waals surface area contributed by atoms with E-state index in [-0.39, 0.29) is 5.41 Å². The van der Waals surface area contributed by atoms with Crippen LogP contribution in [0.15, 0.2) is 479 Å². The third kappa shape index (κ3) is 13.1. The smallest absolute Gasteiger partial charge is 0.0541 e. The quantitative estimate of drug-likeness (QED) is 0.122. The average Bonchev–Trinajstić information content (AvgIpc) is 1.48. The Bertz CT molecular complexity index is 9900. The molecule has 0 bridgehead atoms. The maximum Gasteiger partial charge on any atom is 0.0541 e. The first-order valence-corrected chi connectivity index (χ1v) is 49.8. The highest BCUT2D eigenvalue weighted by molar-refractivity contribution is 6.26. The first-order valence-electron chi connectivity index (χ1n) is 49.8. The molecule has 2 aliphatic carbocycles. The van der Waals surface area contributed by atoms with Crippen LogP contribution in [-0.2, 0) is 5.41 Å². The lowest BCUT2D eigenvalue weighted by Crippen LogP contribution is -2.15. The van der Waals surface area contributed by atoms with E-state index in [1.165, 1.54) is 290 Å². The predicted molar refractivity (Wildman–Crippen MR) is 598 cm³/mol. The van der Waals surface area contributed by atoms with Crippen LogP contribution in [0, 0.1) is 0 Å². The van der Waals surface area contributed by atoms with Crippen molar-refractivity contribution in [1.82, 2.24) is 27.4 Å². The number of benzene rings is 22. The van der Waals surface area contributed by atoms with Gasteiger partial charge in [0.1, 0.15) is 0 Å². The predicted octanol–water partition coefficient (Wildman–Crippen LogP) is 36.6. The molecule has 0 radical (unpaired) electrons. The van der Waals surface area contributed by atoms with E-state index in [0.717, 1.165) is 0 Å². The molecule has 0 unspecified atom stereocenters. The summed E-state index contributed by atoms with van der Waals surface area (Å²) >= 11 is 0. The highest BCUT2D eigenvalue weighted by Gasteiger charge is 2.36. The number of rotatable bonds is 10. The number of fused-ring (bicyclic) bond motifs is 27. The number of hydrogen-bond donors (Lipinski definition) is 0. The van der Waals surface area contributed by atoms with E-state index in [0.29, 0.717) is 6.04 Å². The van der Waals surface area contributed by atoms with Gasteiger partial charge in [-0.05, 0) is 282 Å². The molecule has 1 saturated carbocycles. The van der Waals surface area contributed by atoms with E-state index in [4.69, 9.17) is 0 Å². The standard InChI is InChI=1S/C48H30N2.C45H32N2.C42H34N2/c1-2-12-33(13-3-1)49-45-20-10-8-18-40(45)43-28-31(22-26-47(43)49)32-23-27-48-44(29-32)41-19-9-11-21-46(41)50(48)34-24-25-39-37-16-5-4-14-35(37)36-15-6-7-17-38(36)42(39)30-34;1-45(2)39-17-9-6-14-33(39)34-23-22-32(28-40(34)45)47-42-19-11-8-16-36(42)38-27-30(21-25-44(38)47)29-20-24-43-37(26-29)35-15-7-10-18-41(35)46(43)31-12-4-3-5-13-31;1-3-11-29(12-4-1)30-19-23-34(24-20-30)44-40-18-10-8-16-36(40)38-28-32(22-26-42(38)44)31-21-25-41-37(27-31)35-15-7-9-17-39(35)43(41)33-13-5-2-6-14-33/h1-30H;3-28H,1-2H3;1,3-4,7-12,15-28,33H,2,5-6,13-14H2. The second kappa shape index (κ2) is 32.8. The molecule has 6 nitrogen and oxygen atoms in total. The van der Waals surface area contributed by atoms with Crippen LogP contribution in [0.2, 0.25) is 0 Å². The Labute approximate surface area is 816 Å². The Hall–Kier alpha value is -17.6. The van der Waals surface area contributed by atoms with Crippen molar-refractivity contribution in [2.45, 2.75) is 57.4 Å². The Kier molecular flexibility index (Phi) is 19.0. The molecule has 0 saturated heterocycles. The lowest BCUT2D eigenvalue weighted by atomic mass is 9.82. The Morgan fingerprint density at radius 2 is 0.418 bits per heavy atom. The summed E-state index contributed by atoms with van der Waals surface area (Å²) in [5, 5.41) is 23.2. The van der Waals surface area contributed by atoms with Gasteiger partial charge in [0.15, 0.2) is 0 Å². The summed E-state index contributed by atoms with van der Waals surface area (Å²) in [5.41, 5.74) is 36.3. The van der Waals surface area contributed by atoms with Crippen LogP contribution < -0.4 is 0 Å². The highest BCUT2D eigenvalue weighted by Crippen LogP contribution is 2.52. The summed E-state index contributed by atoms with van der Waals surface area (Å²) in [4.78, 5) is 0. The molecule has 6 heterocycles. The minimum Gasteiger partial charge on any atom is -0.337 e. The monoisotopic (exact) mass is 1800 g/mol. The van der Waals surface area contributed by atoms with Crippen molar-refractivity contribution < 1.29 is 0 Å². The lowest BCUT2D eigenvalue weighted by molar-refractivity contribution is 0.367. The molecule has 0 atom stereocenters. The van der Waals surface area contributed by atoms with Gasteiger partial charge in [-0.3, -0.25) is 0 Å². The molecular formula is C135H96N6. The topological polar surface area (TPSA) is 29.6 Å². The van der Waals surface area contributed by atoms with E-state index in [1.54, 1.807) is 0 Å². The molecule has 1 fully saturated rings. The van der Waals surface area contributed by atoms with Crippen LogP contribution in [-0.4, -0.2) is 27.4 Å². The van der Waals surface area contributed by atoms with Gasteiger partial charge in [0.25, 0.3) is 0 Å². The molecule has 22 aromatic carbocycles. The van der Waals surface area contributed by atoms with Crippen molar-refractivity contribution in [2.75, 3.05) is 0 Å². The van der Waals surface area contributed by atoms with E-state index in [9.17, 15) is 0 Å². The molecule has 0 spiro atoms. The minimum atomic E-state index is -0.0455. The van der Waals surface area contributed by atoms with Gasteiger partial charge in [0, 0.05) is 116 Å². The fourth-order valence-electron chi connectivity index (χ4n) is 24.5. The molecule has 6 aromatic heterocycles. The zero-order chi connectivity index (χ0) is 93.1. The van der Waals surface area contributed by atoms with Gasteiger partial charge in [-0.15, -0.1) is 0 Å². The first-order chi connectivity index (χ1) is 69.7. The maximum absolute atomic E-state index is 2.65. The summed E-state index contributed by atoms with van der Waals surface area (Å²) in [6.07, 6.45) is 6.61. The summed E-state index contributed by atoms with van der Waals surface area (Å²) in [6, 6.07) is 177. The van der Waals surface area contributed by atoms with Crippen LogP contribution in [0.25, 0.3) is 247 Å². The molecule has 30 rings (SSSR count). The number of para-hydroxylation sites is 8. The van der Waals surface area contributed by atoms with Gasteiger partial charge in [0.2, 0.25) is 0 Å². The average molecular weight is 1800 g/mol. The summed E-state index contributed by atoms with van der Waals surface area (Å²) in [7, 11) is 0. The molecule has 6 heteroatoms. The first kappa shape index (κ1) is 81.7. The van der Waals surface area contributed by atoms with Crippen LogP contribution in [0.5, 0.6) is 0 Å². The van der Waals surface area contributed by atoms with Gasteiger partial charge >= 0.3 is 0 Å². The van der Waals surface area contributed by atoms with Gasteiger partial charge in [0.05, 0.1) is 55.2 Å². The Morgan fingerprint density at radius 3 is 0.830 bits per heavy atom. The summed E-state index contributed by atoms with van der Waals surface area (Å²) < 4.78 is 14.7. The summed E-state index contributed by atoms with van der Waals surface area (Å²) in [6.45, 7) is 4.71. The third-order valence-electron chi connectivity index (χ3n) is 31.1. The lowest BCUT2D eigenvalue weighted by Gasteiger charge is -2.25. The fourth-order valence-corrected chi connectivity index (χ4v) is 24.5. The molecule has 141 heavy (non-hydrogen) atoms. The molecule has 0 amide bonds. The number of aromatic nitrogens is 6. The second-order valence-electron chi connectivity index (χ2n) is 39.1. The van der Waals surface area contributed by atoms with E-state index in [1.807, 2.05) is 0 Å².